The molecule has 0 radical (unpaired) electrons. The number of hydrogen-bond donors (Lipinski definition) is 0. The van der Waals surface area contributed by atoms with E-state index in [4.69, 9.17) is 0 Å². The van der Waals surface area contributed by atoms with Crippen LogP contribution in [0.2, 0.25) is 0 Å². The van der Waals surface area contributed by atoms with Crippen LogP contribution in [0.15, 0.2) is 41.1 Å². The zero-order valence-corrected chi connectivity index (χ0v) is 14.0. The largest absolute Gasteiger partial charge is 0.330 e. The van der Waals surface area contributed by atoms with Crippen LogP contribution in [-0.2, 0) is 11.2 Å². The highest BCUT2D eigenvalue weighted by Gasteiger charge is 2.33. The van der Waals surface area contributed by atoms with E-state index in [1.807, 2.05) is 11.3 Å². The van der Waals surface area contributed by atoms with Gasteiger partial charge in [0.25, 0.3) is 0 Å². The van der Waals surface area contributed by atoms with Gasteiger partial charge in [0, 0.05) is 22.7 Å². The Hall–Kier alpha value is -1.39. The van der Waals surface area contributed by atoms with Crippen LogP contribution < -0.4 is 0 Å². The molecule has 2 aromatic heterocycles. The maximum absolute atomic E-state index is 12.9. The van der Waals surface area contributed by atoms with Crippen LogP contribution >= 0.6 is 22.7 Å². The first-order valence-corrected chi connectivity index (χ1v) is 9.64. The first-order chi connectivity index (χ1) is 10.8. The minimum atomic E-state index is 0.132. The average molecular weight is 329 g/mol. The first kappa shape index (κ1) is 14.2. The van der Waals surface area contributed by atoms with Gasteiger partial charge in [0.15, 0.2) is 0 Å². The molecular weight excluding hydrogens is 310 g/mol. The monoisotopic (exact) mass is 329 g/mol. The predicted octanol–water partition coefficient (Wildman–Crippen LogP) is 4.64. The van der Waals surface area contributed by atoms with Crippen LogP contribution in [0.5, 0.6) is 0 Å². The molecule has 0 fully saturated rings. The standard InChI is InChI=1S/C18H19NOS2/c20-17(12-13-4-1-2-5-13)19-9-7-15-14(8-11-22-15)18(19)16-6-3-10-21-16/h1,3-4,6,8,10-11,13,18H,2,5,7,9,12H2/t13-,18+/m0/s1. The second kappa shape index (κ2) is 6.01. The second-order valence-corrected chi connectivity index (χ2v) is 8.00. The van der Waals surface area contributed by atoms with Crippen molar-refractivity contribution in [3.63, 3.8) is 0 Å². The van der Waals surface area contributed by atoms with Crippen molar-refractivity contribution in [1.82, 2.24) is 4.90 Å². The molecule has 4 rings (SSSR count). The van der Waals surface area contributed by atoms with Crippen LogP contribution in [0.1, 0.15) is 40.6 Å². The van der Waals surface area contributed by atoms with Crippen LogP contribution in [-0.4, -0.2) is 17.4 Å². The number of fused-ring (bicyclic) bond motifs is 1. The van der Waals surface area contributed by atoms with Gasteiger partial charge in [-0.1, -0.05) is 18.2 Å². The number of amides is 1. The summed E-state index contributed by atoms with van der Waals surface area (Å²) < 4.78 is 0. The zero-order chi connectivity index (χ0) is 14.9. The normalized spacial score (nSPS) is 23.7. The van der Waals surface area contributed by atoms with Gasteiger partial charge >= 0.3 is 0 Å². The lowest BCUT2D eigenvalue weighted by Crippen LogP contribution is -2.40. The molecule has 114 valence electrons. The van der Waals surface area contributed by atoms with E-state index >= 15 is 0 Å². The lowest BCUT2D eigenvalue weighted by atomic mass is 9.96. The molecule has 1 aliphatic heterocycles. The van der Waals surface area contributed by atoms with Gasteiger partial charge < -0.3 is 4.90 Å². The van der Waals surface area contributed by atoms with Crippen molar-refractivity contribution in [1.29, 1.82) is 0 Å². The Balaban J connectivity index is 1.63. The Morgan fingerprint density at radius 3 is 3.00 bits per heavy atom. The van der Waals surface area contributed by atoms with Crippen molar-refractivity contribution in [3.05, 3.63) is 56.4 Å². The summed E-state index contributed by atoms with van der Waals surface area (Å²) in [7, 11) is 0. The van der Waals surface area contributed by atoms with E-state index in [2.05, 4.69) is 46.0 Å². The molecule has 2 aromatic rings. The minimum Gasteiger partial charge on any atom is -0.330 e. The van der Waals surface area contributed by atoms with Crippen LogP contribution in [0.4, 0.5) is 0 Å². The van der Waals surface area contributed by atoms with Crippen molar-refractivity contribution in [2.45, 2.75) is 31.7 Å². The summed E-state index contributed by atoms with van der Waals surface area (Å²) in [5.74, 6) is 0.757. The number of carbonyl (C=O) groups excluding carboxylic acids is 1. The molecular formula is C18H19NOS2. The van der Waals surface area contributed by atoms with Crippen molar-refractivity contribution in [3.8, 4) is 0 Å². The Labute approximate surface area is 139 Å². The molecule has 1 aliphatic carbocycles. The summed E-state index contributed by atoms with van der Waals surface area (Å²) >= 11 is 3.59. The Morgan fingerprint density at radius 1 is 1.27 bits per heavy atom. The van der Waals surface area contributed by atoms with Crippen molar-refractivity contribution >= 4 is 28.6 Å². The lowest BCUT2D eigenvalue weighted by Gasteiger charge is -2.36. The molecule has 0 unspecified atom stereocenters. The van der Waals surface area contributed by atoms with Gasteiger partial charge in [-0.25, -0.2) is 0 Å². The molecule has 2 aliphatic rings. The third-order valence-corrected chi connectivity index (χ3v) is 6.57. The summed E-state index contributed by atoms with van der Waals surface area (Å²) in [6, 6.07) is 6.59. The Kier molecular flexibility index (Phi) is 3.89. The molecule has 2 nitrogen and oxygen atoms in total. The summed E-state index contributed by atoms with van der Waals surface area (Å²) in [6.45, 7) is 0.853. The molecule has 2 atom stereocenters. The van der Waals surface area contributed by atoms with E-state index in [-0.39, 0.29) is 6.04 Å². The highest BCUT2D eigenvalue weighted by molar-refractivity contribution is 7.10. The number of allylic oxidation sites excluding steroid dienone is 2. The van der Waals surface area contributed by atoms with Crippen molar-refractivity contribution < 1.29 is 4.79 Å². The maximum Gasteiger partial charge on any atom is 0.223 e. The van der Waals surface area contributed by atoms with Crippen molar-refractivity contribution in [2.24, 2.45) is 5.92 Å². The maximum atomic E-state index is 12.9. The van der Waals surface area contributed by atoms with Gasteiger partial charge in [0.1, 0.15) is 0 Å². The van der Waals surface area contributed by atoms with Gasteiger partial charge in [0.2, 0.25) is 5.91 Å². The van der Waals surface area contributed by atoms with E-state index in [0.29, 0.717) is 18.2 Å². The average Bonchev–Trinajstić information content (AvgIpc) is 3.27. The van der Waals surface area contributed by atoms with Crippen LogP contribution in [0.25, 0.3) is 0 Å². The van der Waals surface area contributed by atoms with Gasteiger partial charge in [0.05, 0.1) is 6.04 Å². The third kappa shape index (κ3) is 2.55. The second-order valence-electron chi connectivity index (χ2n) is 6.02. The van der Waals surface area contributed by atoms with E-state index in [9.17, 15) is 4.79 Å². The number of nitrogens with zero attached hydrogens (tertiary/aromatic N) is 1. The summed E-state index contributed by atoms with van der Waals surface area (Å²) in [4.78, 5) is 17.7. The molecule has 0 aromatic carbocycles. The van der Waals surface area contributed by atoms with Gasteiger partial charge in [-0.05, 0) is 53.6 Å². The summed E-state index contributed by atoms with van der Waals surface area (Å²) in [5, 5.41) is 4.28. The predicted molar refractivity (Wildman–Crippen MR) is 92.4 cm³/mol. The molecule has 4 heteroatoms. The molecule has 22 heavy (non-hydrogen) atoms. The Morgan fingerprint density at radius 2 is 2.23 bits per heavy atom. The number of thiophene rings is 2. The highest BCUT2D eigenvalue weighted by atomic mass is 32.1. The van der Waals surface area contributed by atoms with Gasteiger partial charge in [-0.15, -0.1) is 22.7 Å². The fourth-order valence-corrected chi connectivity index (χ4v) is 5.30. The number of rotatable bonds is 3. The first-order valence-electron chi connectivity index (χ1n) is 7.89. The third-order valence-electron chi connectivity index (χ3n) is 4.65. The van der Waals surface area contributed by atoms with Gasteiger partial charge in [-0.3, -0.25) is 4.79 Å². The fraction of sp³-hybridized carbons (Fsp3) is 0.389. The SMILES string of the molecule is O=C(C[C@H]1C=CCC1)N1CCc2sccc2[C@@H]1c1cccs1. The van der Waals surface area contributed by atoms with Crippen LogP contribution in [0.3, 0.4) is 0 Å². The molecule has 0 N–H and O–H groups in total. The fourth-order valence-electron chi connectivity index (χ4n) is 3.55. The smallest absolute Gasteiger partial charge is 0.223 e. The molecule has 1 amide bonds. The highest BCUT2D eigenvalue weighted by Crippen LogP contribution is 2.40. The van der Waals surface area contributed by atoms with E-state index in [0.717, 1.165) is 25.8 Å². The molecule has 0 bridgehead atoms. The lowest BCUT2D eigenvalue weighted by molar-refractivity contribution is -0.133. The number of hydrogen-bond acceptors (Lipinski definition) is 3. The summed E-state index contributed by atoms with van der Waals surface area (Å²) in [6.07, 6.45) is 8.35. The van der Waals surface area contributed by atoms with E-state index in [1.54, 1.807) is 11.3 Å². The van der Waals surface area contributed by atoms with Gasteiger partial charge in [-0.2, -0.15) is 0 Å². The zero-order valence-electron chi connectivity index (χ0n) is 12.4. The quantitative estimate of drug-likeness (QED) is 0.751. The number of carbonyl (C=O) groups is 1. The minimum absolute atomic E-state index is 0.132. The Bertz CT molecular complexity index is 686. The summed E-state index contributed by atoms with van der Waals surface area (Å²) in [5.41, 5.74) is 1.34. The molecule has 3 heterocycles. The molecule has 0 saturated heterocycles. The molecule has 0 saturated carbocycles. The van der Waals surface area contributed by atoms with Crippen molar-refractivity contribution in [2.75, 3.05) is 6.54 Å². The topological polar surface area (TPSA) is 20.3 Å². The van der Waals surface area contributed by atoms with E-state index in [1.165, 1.54) is 15.3 Å². The van der Waals surface area contributed by atoms with E-state index < -0.39 is 0 Å². The van der Waals surface area contributed by atoms with Crippen LogP contribution in [0, 0.1) is 5.92 Å². The molecule has 0 spiro atoms.